The van der Waals surface area contributed by atoms with E-state index in [4.69, 9.17) is 11.6 Å². The molecule has 0 aromatic heterocycles. The van der Waals surface area contributed by atoms with Gasteiger partial charge in [0.25, 0.3) is 5.91 Å². The molecular formula is C13H14ClF2NO2. The van der Waals surface area contributed by atoms with Crippen molar-refractivity contribution >= 4 is 17.5 Å². The SMILES string of the molecule is O=C(NC1CCCCC1O)c1cc(F)c(Cl)cc1F. The summed E-state index contributed by atoms with van der Waals surface area (Å²) in [6.45, 7) is 0. The fraction of sp³-hybridized carbons (Fsp3) is 0.462. The minimum atomic E-state index is -0.880. The van der Waals surface area contributed by atoms with E-state index in [0.717, 1.165) is 25.0 Å². The molecule has 2 rings (SSSR count). The van der Waals surface area contributed by atoms with Crippen LogP contribution in [0.1, 0.15) is 36.0 Å². The van der Waals surface area contributed by atoms with Crippen LogP contribution in [-0.2, 0) is 0 Å². The van der Waals surface area contributed by atoms with Crippen molar-refractivity contribution in [2.45, 2.75) is 37.8 Å². The summed E-state index contributed by atoms with van der Waals surface area (Å²) in [5.74, 6) is -2.47. The van der Waals surface area contributed by atoms with Gasteiger partial charge in [-0.3, -0.25) is 4.79 Å². The molecule has 3 nitrogen and oxygen atoms in total. The third-order valence-corrected chi connectivity index (χ3v) is 3.59. The summed E-state index contributed by atoms with van der Waals surface area (Å²) in [5.41, 5.74) is -0.403. The Kier molecular flexibility index (Phi) is 4.37. The highest BCUT2D eigenvalue weighted by Gasteiger charge is 2.26. The van der Waals surface area contributed by atoms with Gasteiger partial charge in [0, 0.05) is 0 Å². The van der Waals surface area contributed by atoms with E-state index in [2.05, 4.69) is 5.32 Å². The van der Waals surface area contributed by atoms with Crippen LogP contribution in [-0.4, -0.2) is 23.2 Å². The Morgan fingerprint density at radius 3 is 2.63 bits per heavy atom. The van der Waals surface area contributed by atoms with Gasteiger partial charge in [-0.15, -0.1) is 0 Å². The third kappa shape index (κ3) is 3.22. The van der Waals surface area contributed by atoms with Crippen molar-refractivity contribution in [3.05, 3.63) is 34.4 Å². The molecule has 1 fully saturated rings. The monoisotopic (exact) mass is 289 g/mol. The molecule has 0 saturated heterocycles. The van der Waals surface area contributed by atoms with Gasteiger partial charge in [0.05, 0.1) is 22.7 Å². The lowest BCUT2D eigenvalue weighted by Crippen LogP contribution is -2.45. The van der Waals surface area contributed by atoms with Crippen LogP contribution in [0.2, 0.25) is 5.02 Å². The number of rotatable bonds is 2. The molecule has 2 unspecified atom stereocenters. The van der Waals surface area contributed by atoms with Gasteiger partial charge in [-0.1, -0.05) is 24.4 Å². The van der Waals surface area contributed by atoms with Crippen LogP contribution in [0.5, 0.6) is 0 Å². The number of aliphatic hydroxyl groups is 1. The topological polar surface area (TPSA) is 49.3 Å². The molecule has 2 atom stereocenters. The molecule has 0 bridgehead atoms. The first-order valence-corrected chi connectivity index (χ1v) is 6.50. The maximum atomic E-state index is 13.6. The summed E-state index contributed by atoms with van der Waals surface area (Å²) in [4.78, 5) is 11.9. The number of hydrogen-bond donors (Lipinski definition) is 2. The fourth-order valence-electron chi connectivity index (χ4n) is 2.22. The first kappa shape index (κ1) is 14.2. The molecule has 1 aliphatic carbocycles. The predicted molar refractivity (Wildman–Crippen MR) is 67.1 cm³/mol. The minimum Gasteiger partial charge on any atom is -0.391 e. The normalized spacial score (nSPS) is 23.2. The van der Waals surface area contributed by atoms with E-state index in [1.165, 1.54) is 0 Å². The fourth-order valence-corrected chi connectivity index (χ4v) is 2.37. The standard InChI is InChI=1S/C13H14ClF2NO2/c14-8-6-9(15)7(5-10(8)16)13(19)17-11-3-1-2-4-12(11)18/h5-6,11-12,18H,1-4H2,(H,17,19). The Balaban J connectivity index is 2.13. The summed E-state index contributed by atoms with van der Waals surface area (Å²) in [7, 11) is 0. The second-order valence-corrected chi connectivity index (χ2v) is 5.09. The van der Waals surface area contributed by atoms with Gasteiger partial charge in [0.1, 0.15) is 11.6 Å². The van der Waals surface area contributed by atoms with Gasteiger partial charge in [0.2, 0.25) is 0 Å². The molecule has 6 heteroatoms. The highest BCUT2D eigenvalue weighted by molar-refractivity contribution is 6.30. The summed E-state index contributed by atoms with van der Waals surface area (Å²) < 4.78 is 26.8. The van der Waals surface area contributed by atoms with Crippen molar-refractivity contribution in [2.24, 2.45) is 0 Å². The number of halogens is 3. The maximum Gasteiger partial charge on any atom is 0.254 e. The van der Waals surface area contributed by atoms with Gasteiger partial charge in [-0.2, -0.15) is 0 Å². The van der Waals surface area contributed by atoms with Gasteiger partial charge < -0.3 is 10.4 Å². The Morgan fingerprint density at radius 1 is 1.26 bits per heavy atom. The molecule has 0 heterocycles. The van der Waals surface area contributed by atoms with E-state index < -0.39 is 35.3 Å². The summed E-state index contributed by atoms with van der Waals surface area (Å²) >= 11 is 5.42. The third-order valence-electron chi connectivity index (χ3n) is 3.30. The first-order chi connectivity index (χ1) is 8.99. The number of benzene rings is 1. The second-order valence-electron chi connectivity index (χ2n) is 4.68. The number of aliphatic hydroxyl groups excluding tert-OH is 1. The van der Waals surface area contributed by atoms with Crippen molar-refractivity contribution in [3.8, 4) is 0 Å². The number of amides is 1. The zero-order valence-electron chi connectivity index (χ0n) is 10.1. The first-order valence-electron chi connectivity index (χ1n) is 6.12. The quantitative estimate of drug-likeness (QED) is 0.822. The van der Waals surface area contributed by atoms with E-state index >= 15 is 0 Å². The van der Waals surface area contributed by atoms with Gasteiger partial charge in [-0.25, -0.2) is 8.78 Å². The zero-order chi connectivity index (χ0) is 14.0. The molecule has 1 aliphatic rings. The molecule has 0 spiro atoms. The summed E-state index contributed by atoms with van der Waals surface area (Å²) in [6.07, 6.45) is 2.38. The van der Waals surface area contributed by atoms with Gasteiger partial charge >= 0.3 is 0 Å². The van der Waals surface area contributed by atoms with Crippen molar-refractivity contribution in [3.63, 3.8) is 0 Å². The van der Waals surface area contributed by atoms with E-state index in [1.807, 2.05) is 0 Å². The second kappa shape index (κ2) is 5.84. The van der Waals surface area contributed by atoms with E-state index in [1.54, 1.807) is 0 Å². The Bertz CT molecular complexity index is 496. The Hall–Kier alpha value is -1.20. The van der Waals surface area contributed by atoms with Crippen molar-refractivity contribution in [2.75, 3.05) is 0 Å². The average molecular weight is 290 g/mol. The van der Waals surface area contributed by atoms with Crippen LogP contribution in [0, 0.1) is 11.6 Å². The average Bonchev–Trinajstić information content (AvgIpc) is 2.36. The van der Waals surface area contributed by atoms with Crippen molar-refractivity contribution in [1.29, 1.82) is 0 Å². The van der Waals surface area contributed by atoms with Crippen molar-refractivity contribution in [1.82, 2.24) is 5.32 Å². The molecule has 1 saturated carbocycles. The summed E-state index contributed by atoms with van der Waals surface area (Å²) in [6, 6.07) is 1.12. The maximum absolute atomic E-state index is 13.6. The van der Waals surface area contributed by atoms with E-state index in [-0.39, 0.29) is 5.02 Å². The van der Waals surface area contributed by atoms with Crippen LogP contribution >= 0.6 is 11.6 Å². The largest absolute Gasteiger partial charge is 0.391 e. The molecule has 1 aromatic rings. The van der Waals surface area contributed by atoms with Crippen LogP contribution in [0.3, 0.4) is 0 Å². The molecule has 19 heavy (non-hydrogen) atoms. The smallest absolute Gasteiger partial charge is 0.254 e. The lowest BCUT2D eigenvalue weighted by atomic mass is 9.92. The van der Waals surface area contributed by atoms with Gasteiger partial charge in [0.15, 0.2) is 0 Å². The van der Waals surface area contributed by atoms with Crippen LogP contribution in [0.4, 0.5) is 8.78 Å². The minimum absolute atomic E-state index is 0.369. The summed E-state index contributed by atoms with van der Waals surface area (Å²) in [5, 5.41) is 11.9. The highest BCUT2D eigenvalue weighted by atomic mass is 35.5. The number of nitrogens with one attached hydrogen (secondary N) is 1. The lowest BCUT2D eigenvalue weighted by molar-refractivity contribution is 0.0714. The molecule has 1 amide bonds. The number of hydrogen-bond acceptors (Lipinski definition) is 2. The Labute approximate surface area is 114 Å². The molecule has 0 radical (unpaired) electrons. The van der Waals surface area contributed by atoms with E-state index in [9.17, 15) is 18.7 Å². The lowest BCUT2D eigenvalue weighted by Gasteiger charge is -2.28. The zero-order valence-corrected chi connectivity index (χ0v) is 10.9. The highest BCUT2D eigenvalue weighted by Crippen LogP contribution is 2.21. The predicted octanol–water partition coefficient (Wildman–Crippen LogP) is 2.65. The Morgan fingerprint density at radius 2 is 1.95 bits per heavy atom. The number of carbonyl (C=O) groups excluding carboxylic acids is 1. The molecular weight excluding hydrogens is 276 g/mol. The van der Waals surface area contributed by atoms with Gasteiger partial charge in [-0.05, 0) is 25.0 Å². The molecule has 2 N–H and O–H groups in total. The molecule has 0 aliphatic heterocycles. The van der Waals surface area contributed by atoms with Crippen LogP contribution in [0.25, 0.3) is 0 Å². The van der Waals surface area contributed by atoms with Crippen molar-refractivity contribution < 1.29 is 18.7 Å². The molecule has 104 valence electrons. The van der Waals surface area contributed by atoms with Crippen LogP contribution < -0.4 is 5.32 Å². The van der Waals surface area contributed by atoms with E-state index in [0.29, 0.717) is 12.8 Å². The van der Waals surface area contributed by atoms with Crippen LogP contribution in [0.15, 0.2) is 12.1 Å². The number of carbonyl (C=O) groups is 1. The molecule has 1 aromatic carbocycles.